The van der Waals surface area contributed by atoms with Crippen LogP contribution in [0.5, 0.6) is 0 Å². The molecule has 0 N–H and O–H groups in total. The molecule has 72 heavy (non-hydrogen) atoms. The topological polar surface area (TPSA) is 48.4 Å². The normalized spacial score (nSPS) is 17.7. The third-order valence-electron chi connectivity index (χ3n) is 16.3. The first kappa shape index (κ1) is 43.9. The van der Waals surface area contributed by atoms with E-state index in [1.54, 1.807) is 0 Å². The Morgan fingerprint density at radius 3 is 0.972 bits per heavy atom. The summed E-state index contributed by atoms with van der Waals surface area (Å²) in [5.41, 5.74) is 21.5. The molecule has 0 unspecified atom stereocenters. The summed E-state index contributed by atoms with van der Waals surface area (Å²) in [6.45, 7) is 14.1. The molecule has 0 saturated carbocycles. The largest absolute Gasteiger partial charge is 0.310 e. The van der Waals surface area contributed by atoms with Crippen LogP contribution < -0.4 is 14.7 Å². The molecule has 6 heteroatoms. The van der Waals surface area contributed by atoms with E-state index in [-0.39, 0.29) is 16.2 Å². The summed E-state index contributed by atoms with van der Waals surface area (Å²) in [5.74, 6) is 1.88. The first-order chi connectivity index (χ1) is 35.0. The summed E-state index contributed by atoms with van der Waals surface area (Å²) in [6.07, 6.45) is 13.5. The lowest BCUT2D eigenvalue weighted by Crippen LogP contribution is -2.34. The zero-order valence-corrected chi connectivity index (χ0v) is 42.0. The van der Waals surface area contributed by atoms with Crippen LogP contribution in [0.15, 0.2) is 217 Å². The van der Waals surface area contributed by atoms with E-state index in [0.29, 0.717) is 17.5 Å². The highest BCUT2D eigenvalue weighted by Gasteiger charge is 2.41. The van der Waals surface area contributed by atoms with Crippen molar-refractivity contribution in [2.24, 2.45) is 0 Å². The number of fused-ring (bicyclic) bond motifs is 4. The lowest BCUT2D eigenvalue weighted by Gasteiger charge is -2.44. The number of aromatic nitrogens is 3. The van der Waals surface area contributed by atoms with Gasteiger partial charge in [-0.3, -0.25) is 0 Å². The molecule has 2 aliphatic carbocycles. The molecule has 3 aliphatic heterocycles. The van der Waals surface area contributed by atoms with Gasteiger partial charge in [-0.15, -0.1) is 0 Å². The number of para-hydroxylation sites is 4. The zero-order valence-electron chi connectivity index (χ0n) is 42.0. The number of nitrogens with zero attached hydrogens (tertiary/aromatic N) is 6. The van der Waals surface area contributed by atoms with Crippen LogP contribution in [0.3, 0.4) is 0 Å². The Morgan fingerprint density at radius 1 is 0.333 bits per heavy atom. The third kappa shape index (κ3) is 6.79. The summed E-state index contributed by atoms with van der Waals surface area (Å²) < 4.78 is 0. The molecule has 4 heterocycles. The SMILES string of the molecule is CC1(C)C2=C(C=CCC2)N(c2ccc(-c3nc(-c4ccc(N5C6=C(CCC=C6)C(C)(C)c6ccccc65)cc4)nc(-c4ccc(N5c6ccccc6C(C)(C)c6ccccc65)cc4)n3)cc2)c2ccccc21. The molecule has 7 aromatic carbocycles. The number of rotatable bonds is 6. The molecular formula is C66H58N6. The van der Waals surface area contributed by atoms with Crippen LogP contribution in [0, 0.1) is 0 Å². The van der Waals surface area contributed by atoms with E-state index in [2.05, 4.69) is 250 Å². The highest BCUT2D eigenvalue weighted by atomic mass is 15.2. The fourth-order valence-corrected chi connectivity index (χ4v) is 12.5. The average molecular weight is 935 g/mol. The van der Waals surface area contributed by atoms with Crippen molar-refractivity contribution >= 4 is 39.8 Å². The van der Waals surface area contributed by atoms with Gasteiger partial charge in [-0.2, -0.15) is 0 Å². The van der Waals surface area contributed by atoms with Gasteiger partial charge in [-0.25, -0.2) is 15.0 Å². The summed E-state index contributed by atoms with van der Waals surface area (Å²) in [4.78, 5) is 23.1. The van der Waals surface area contributed by atoms with Gasteiger partial charge in [-0.1, -0.05) is 126 Å². The maximum atomic E-state index is 5.28. The zero-order chi connectivity index (χ0) is 48.9. The fraction of sp³-hybridized carbons (Fsp3) is 0.197. The number of benzene rings is 7. The number of allylic oxidation sites excluding steroid dienone is 6. The van der Waals surface area contributed by atoms with Gasteiger partial charge in [-0.05, 0) is 168 Å². The van der Waals surface area contributed by atoms with Crippen molar-refractivity contribution in [2.75, 3.05) is 14.7 Å². The van der Waals surface area contributed by atoms with Crippen molar-refractivity contribution < 1.29 is 0 Å². The Kier molecular flexibility index (Phi) is 10.1. The molecule has 0 saturated heterocycles. The minimum atomic E-state index is -0.137. The second-order valence-electron chi connectivity index (χ2n) is 21.5. The minimum absolute atomic E-state index is 0.0524. The highest BCUT2D eigenvalue weighted by molar-refractivity contribution is 5.87. The number of anilines is 7. The van der Waals surface area contributed by atoms with Crippen LogP contribution in [-0.2, 0) is 16.2 Å². The molecule has 0 spiro atoms. The molecule has 0 atom stereocenters. The molecule has 8 aromatic rings. The van der Waals surface area contributed by atoms with Gasteiger partial charge in [0, 0.05) is 61.4 Å². The standard InChI is InChI=1S/C66H58N6/c1-64(2)49-19-7-13-25-55(49)70(56-26-14-8-20-50(56)64)46-37-31-43(32-38-46)61-67-62(44-33-39-47(40-34-44)71-57-27-15-9-21-51(57)65(3,4)52-22-10-16-28-58(52)71)69-63(68-61)45-35-41-48(42-36-45)72-59-29-17-11-23-53(59)66(5,6)54-24-12-18-30-60(54)72/h7-9,11,13-21,23,25-42H,10,12,22,24H2,1-6H3. The van der Waals surface area contributed by atoms with Crippen LogP contribution in [0.4, 0.5) is 39.8 Å². The average Bonchev–Trinajstić information content (AvgIpc) is 3.42. The van der Waals surface area contributed by atoms with Gasteiger partial charge >= 0.3 is 0 Å². The second-order valence-corrected chi connectivity index (χ2v) is 21.5. The van der Waals surface area contributed by atoms with E-state index < -0.39 is 0 Å². The Labute approximate surface area is 424 Å². The predicted molar refractivity (Wildman–Crippen MR) is 297 cm³/mol. The molecule has 0 radical (unpaired) electrons. The summed E-state index contributed by atoms with van der Waals surface area (Å²) >= 11 is 0. The maximum absolute atomic E-state index is 5.28. The van der Waals surface area contributed by atoms with Crippen molar-refractivity contribution in [2.45, 2.75) is 83.5 Å². The Balaban J connectivity index is 0.909. The quantitative estimate of drug-likeness (QED) is 0.166. The Morgan fingerprint density at radius 2 is 0.625 bits per heavy atom. The lowest BCUT2D eigenvalue weighted by molar-refractivity contribution is 0.570. The van der Waals surface area contributed by atoms with Gasteiger partial charge in [0.15, 0.2) is 17.5 Å². The van der Waals surface area contributed by atoms with Crippen molar-refractivity contribution in [1.82, 2.24) is 15.0 Å². The molecule has 13 rings (SSSR count). The number of hydrogen-bond acceptors (Lipinski definition) is 6. The molecule has 352 valence electrons. The van der Waals surface area contributed by atoms with Crippen LogP contribution in [0.1, 0.15) is 89.5 Å². The predicted octanol–water partition coefficient (Wildman–Crippen LogP) is 17.0. The van der Waals surface area contributed by atoms with Gasteiger partial charge in [0.25, 0.3) is 0 Å². The highest BCUT2D eigenvalue weighted by Crippen LogP contribution is 2.54. The Hall–Kier alpha value is -8.09. The van der Waals surface area contributed by atoms with Crippen molar-refractivity contribution in [3.63, 3.8) is 0 Å². The molecule has 6 nitrogen and oxygen atoms in total. The van der Waals surface area contributed by atoms with Crippen LogP contribution in [-0.4, -0.2) is 15.0 Å². The molecule has 1 aromatic heterocycles. The first-order valence-electron chi connectivity index (χ1n) is 25.6. The van der Waals surface area contributed by atoms with Gasteiger partial charge in [0.1, 0.15) is 0 Å². The van der Waals surface area contributed by atoms with Crippen molar-refractivity contribution in [1.29, 1.82) is 0 Å². The fourth-order valence-electron chi connectivity index (χ4n) is 12.5. The third-order valence-corrected chi connectivity index (χ3v) is 16.3. The molecule has 0 bridgehead atoms. The van der Waals surface area contributed by atoms with E-state index >= 15 is 0 Å². The smallest absolute Gasteiger partial charge is 0.164 e. The monoisotopic (exact) mass is 934 g/mol. The van der Waals surface area contributed by atoms with Gasteiger partial charge < -0.3 is 14.7 Å². The van der Waals surface area contributed by atoms with Crippen LogP contribution >= 0.6 is 0 Å². The molecule has 0 amide bonds. The van der Waals surface area contributed by atoms with E-state index in [0.717, 1.165) is 59.4 Å². The number of hydrogen-bond donors (Lipinski definition) is 0. The maximum Gasteiger partial charge on any atom is 0.164 e. The summed E-state index contributed by atoms with van der Waals surface area (Å²) in [6, 6.07) is 61.6. The lowest BCUT2D eigenvalue weighted by atomic mass is 9.70. The van der Waals surface area contributed by atoms with Crippen LogP contribution in [0.25, 0.3) is 34.2 Å². The van der Waals surface area contributed by atoms with E-state index in [9.17, 15) is 0 Å². The van der Waals surface area contributed by atoms with Gasteiger partial charge in [0.2, 0.25) is 0 Å². The van der Waals surface area contributed by atoms with Crippen molar-refractivity contribution in [3.05, 3.63) is 239 Å². The second kappa shape index (κ2) is 16.5. The minimum Gasteiger partial charge on any atom is -0.310 e. The van der Waals surface area contributed by atoms with Gasteiger partial charge in [0.05, 0.1) is 22.7 Å². The van der Waals surface area contributed by atoms with Crippen LogP contribution in [0.2, 0.25) is 0 Å². The Bertz CT molecular complexity index is 3400. The first-order valence-corrected chi connectivity index (χ1v) is 25.6. The van der Waals surface area contributed by atoms with E-state index in [4.69, 9.17) is 15.0 Å². The molecule has 5 aliphatic rings. The molecule has 0 fully saturated rings. The molecular weight excluding hydrogens is 877 g/mol. The summed E-state index contributed by atoms with van der Waals surface area (Å²) in [7, 11) is 0. The van der Waals surface area contributed by atoms with E-state index in [1.807, 2.05) is 0 Å². The van der Waals surface area contributed by atoms with E-state index in [1.165, 1.54) is 67.5 Å². The summed E-state index contributed by atoms with van der Waals surface area (Å²) in [5, 5.41) is 0. The van der Waals surface area contributed by atoms with Crippen molar-refractivity contribution in [3.8, 4) is 34.2 Å².